The molecule has 0 saturated heterocycles. The summed E-state index contributed by atoms with van der Waals surface area (Å²) in [6.45, 7) is 2.38. The van der Waals surface area contributed by atoms with Crippen molar-refractivity contribution in [1.82, 2.24) is 10.3 Å². The summed E-state index contributed by atoms with van der Waals surface area (Å²) in [5, 5.41) is 3.01. The fourth-order valence-electron chi connectivity index (χ4n) is 1.64. The Morgan fingerprint density at radius 2 is 2.04 bits per heavy atom. The first-order chi connectivity index (χ1) is 11.7. The smallest absolute Gasteiger partial charge is 0.408 e. The quantitative estimate of drug-likeness (QED) is 0.666. The molecule has 0 aliphatic rings. The van der Waals surface area contributed by atoms with Gasteiger partial charge in [0.25, 0.3) is 0 Å². The van der Waals surface area contributed by atoms with E-state index in [1.807, 2.05) is 30.3 Å². The second-order valence-corrected chi connectivity index (χ2v) is 5.50. The maximum atomic E-state index is 11.5. The number of hydrogen-bond acceptors (Lipinski definition) is 6. The monoisotopic (exact) mass is 344 g/mol. The number of carbonyl (C=O) groups is 2. The number of nitrogens with one attached hydrogen (secondary N) is 1. The minimum absolute atomic E-state index is 0.127. The van der Waals surface area contributed by atoms with Gasteiger partial charge < -0.3 is 14.8 Å². The number of aromatic nitrogens is 1. The highest BCUT2D eigenvalue weighted by atomic mass is 32.1. The largest absolute Gasteiger partial charge is 0.462 e. The van der Waals surface area contributed by atoms with Gasteiger partial charge in [-0.05, 0) is 18.4 Å². The van der Waals surface area contributed by atoms with Gasteiger partial charge in [-0.15, -0.1) is 0 Å². The van der Waals surface area contributed by atoms with E-state index >= 15 is 0 Å². The van der Waals surface area contributed by atoms with E-state index in [2.05, 4.69) is 22.1 Å². The highest BCUT2D eigenvalue weighted by molar-refractivity contribution is 7.14. The maximum Gasteiger partial charge on any atom is 0.408 e. The van der Waals surface area contributed by atoms with Crippen LogP contribution in [0, 0.1) is 11.8 Å². The van der Waals surface area contributed by atoms with Crippen molar-refractivity contribution >= 4 is 23.4 Å². The SMILES string of the molecule is CCOC(=O)c1cnc(C#CCNC(=O)OCc2ccccc2)s1. The number of nitrogens with zero attached hydrogens (tertiary/aromatic N) is 1. The van der Waals surface area contributed by atoms with E-state index in [0.717, 1.165) is 16.9 Å². The zero-order valence-corrected chi connectivity index (χ0v) is 13.9. The van der Waals surface area contributed by atoms with Crippen LogP contribution in [0.3, 0.4) is 0 Å². The molecule has 1 N–H and O–H groups in total. The molecule has 0 aliphatic heterocycles. The minimum Gasteiger partial charge on any atom is -0.462 e. The molecule has 1 heterocycles. The van der Waals surface area contributed by atoms with E-state index in [1.165, 1.54) is 6.20 Å². The van der Waals surface area contributed by atoms with E-state index in [9.17, 15) is 9.59 Å². The number of benzene rings is 1. The number of thiazole rings is 1. The topological polar surface area (TPSA) is 77.5 Å². The third-order valence-electron chi connectivity index (χ3n) is 2.71. The lowest BCUT2D eigenvalue weighted by molar-refractivity contribution is 0.0531. The molecule has 0 spiro atoms. The van der Waals surface area contributed by atoms with E-state index in [1.54, 1.807) is 6.92 Å². The summed E-state index contributed by atoms with van der Waals surface area (Å²) in [5.74, 6) is 5.11. The zero-order chi connectivity index (χ0) is 17.2. The molecule has 0 aliphatic carbocycles. The molecule has 1 amide bonds. The molecule has 2 aromatic rings. The van der Waals surface area contributed by atoms with Crippen LogP contribution in [0.2, 0.25) is 0 Å². The first-order valence-corrected chi connectivity index (χ1v) is 8.07. The third kappa shape index (κ3) is 5.74. The second kappa shape index (κ2) is 9.33. The number of rotatable bonds is 5. The molecule has 0 unspecified atom stereocenters. The Morgan fingerprint density at radius 3 is 2.79 bits per heavy atom. The predicted molar refractivity (Wildman–Crippen MR) is 89.6 cm³/mol. The molecule has 24 heavy (non-hydrogen) atoms. The molecule has 0 atom stereocenters. The van der Waals surface area contributed by atoms with Crippen molar-refractivity contribution in [3.63, 3.8) is 0 Å². The van der Waals surface area contributed by atoms with Gasteiger partial charge in [0.1, 0.15) is 11.5 Å². The first kappa shape index (κ1) is 17.5. The number of hydrogen-bond donors (Lipinski definition) is 1. The van der Waals surface area contributed by atoms with Crippen molar-refractivity contribution in [2.75, 3.05) is 13.2 Å². The van der Waals surface area contributed by atoms with E-state index in [0.29, 0.717) is 16.5 Å². The lowest BCUT2D eigenvalue weighted by atomic mass is 10.2. The molecule has 1 aromatic carbocycles. The van der Waals surface area contributed by atoms with Gasteiger partial charge >= 0.3 is 12.1 Å². The van der Waals surface area contributed by atoms with Crippen molar-refractivity contribution in [2.24, 2.45) is 0 Å². The van der Waals surface area contributed by atoms with Gasteiger partial charge in [-0.25, -0.2) is 14.6 Å². The molecule has 0 fully saturated rings. The number of esters is 1. The molecule has 124 valence electrons. The highest BCUT2D eigenvalue weighted by Gasteiger charge is 2.09. The molecule has 0 saturated carbocycles. The number of alkyl carbamates (subject to hydrolysis) is 1. The van der Waals surface area contributed by atoms with Crippen LogP contribution >= 0.6 is 11.3 Å². The second-order valence-electron chi connectivity index (χ2n) is 4.47. The van der Waals surface area contributed by atoms with E-state index < -0.39 is 12.1 Å². The summed E-state index contributed by atoms with van der Waals surface area (Å²) in [4.78, 5) is 27.4. The highest BCUT2D eigenvalue weighted by Crippen LogP contribution is 2.12. The molecule has 7 heteroatoms. The van der Waals surface area contributed by atoms with E-state index in [-0.39, 0.29) is 13.2 Å². The Labute approximate surface area is 143 Å². The predicted octanol–water partition coefficient (Wildman–Crippen LogP) is 2.60. The fraction of sp³-hybridized carbons (Fsp3) is 0.235. The van der Waals surface area contributed by atoms with Crippen molar-refractivity contribution in [1.29, 1.82) is 0 Å². The van der Waals surface area contributed by atoms with Crippen molar-refractivity contribution < 1.29 is 19.1 Å². The van der Waals surface area contributed by atoms with Crippen molar-refractivity contribution in [3.8, 4) is 11.8 Å². The van der Waals surface area contributed by atoms with Gasteiger partial charge in [-0.3, -0.25) is 0 Å². The molecule has 6 nitrogen and oxygen atoms in total. The van der Waals surface area contributed by atoms with Crippen LogP contribution in [-0.2, 0) is 16.1 Å². The van der Waals surface area contributed by atoms with Crippen LogP contribution in [-0.4, -0.2) is 30.2 Å². The van der Waals surface area contributed by atoms with Crippen LogP contribution in [0.15, 0.2) is 36.5 Å². The third-order valence-corrected chi connectivity index (χ3v) is 3.60. The average molecular weight is 344 g/mol. The molecule has 0 radical (unpaired) electrons. The van der Waals surface area contributed by atoms with Gasteiger partial charge in [0, 0.05) is 0 Å². The number of ether oxygens (including phenoxy) is 2. The molecule has 1 aromatic heterocycles. The summed E-state index contributed by atoms with van der Waals surface area (Å²) in [7, 11) is 0. The Bertz CT molecular complexity index is 747. The Hall–Kier alpha value is -2.85. The van der Waals surface area contributed by atoms with Crippen LogP contribution in [0.4, 0.5) is 4.79 Å². The lowest BCUT2D eigenvalue weighted by Crippen LogP contribution is -2.24. The number of amides is 1. The molecular weight excluding hydrogens is 328 g/mol. The molecular formula is C17H16N2O4S. The fourth-order valence-corrected chi connectivity index (χ4v) is 2.32. The summed E-state index contributed by atoms with van der Waals surface area (Å²) in [6.07, 6.45) is 0.883. The van der Waals surface area contributed by atoms with E-state index in [4.69, 9.17) is 9.47 Å². The van der Waals surface area contributed by atoms with Gasteiger partial charge in [-0.2, -0.15) is 0 Å². The standard InChI is InChI=1S/C17H16N2O4S/c1-2-22-16(20)14-11-19-15(24-14)9-6-10-18-17(21)23-12-13-7-4-3-5-8-13/h3-5,7-8,11H,2,10,12H2,1H3,(H,18,21). The number of carbonyl (C=O) groups excluding carboxylic acids is 2. The van der Waals surface area contributed by atoms with Gasteiger partial charge in [0.2, 0.25) is 0 Å². The van der Waals surface area contributed by atoms with Crippen LogP contribution < -0.4 is 5.32 Å². The summed E-state index contributed by atoms with van der Waals surface area (Å²) >= 11 is 1.14. The lowest BCUT2D eigenvalue weighted by Gasteiger charge is -2.04. The van der Waals surface area contributed by atoms with Crippen LogP contribution in [0.1, 0.15) is 27.2 Å². The summed E-state index contributed by atoms with van der Waals surface area (Å²) in [6, 6.07) is 9.39. The maximum absolute atomic E-state index is 11.5. The van der Waals surface area contributed by atoms with Gasteiger partial charge in [0.05, 0.1) is 19.3 Å². The minimum atomic E-state index is -0.542. The summed E-state index contributed by atoms with van der Waals surface area (Å²) in [5.41, 5.74) is 0.910. The Balaban J connectivity index is 1.73. The van der Waals surface area contributed by atoms with Gasteiger partial charge in [0.15, 0.2) is 5.01 Å². The van der Waals surface area contributed by atoms with Crippen LogP contribution in [0.5, 0.6) is 0 Å². The van der Waals surface area contributed by atoms with Crippen molar-refractivity contribution in [3.05, 3.63) is 52.0 Å². The normalized spacial score (nSPS) is 9.54. The first-order valence-electron chi connectivity index (χ1n) is 7.25. The Kier molecular flexibility index (Phi) is 6.80. The summed E-state index contributed by atoms with van der Waals surface area (Å²) < 4.78 is 9.92. The Morgan fingerprint density at radius 1 is 1.25 bits per heavy atom. The van der Waals surface area contributed by atoms with Crippen molar-refractivity contribution in [2.45, 2.75) is 13.5 Å². The van der Waals surface area contributed by atoms with Gasteiger partial charge in [-0.1, -0.05) is 47.6 Å². The van der Waals surface area contributed by atoms with Crippen LogP contribution in [0.25, 0.3) is 0 Å². The molecule has 2 rings (SSSR count). The molecule has 0 bridgehead atoms. The average Bonchev–Trinajstić information content (AvgIpc) is 3.07. The zero-order valence-electron chi connectivity index (χ0n) is 13.1.